The van der Waals surface area contributed by atoms with Crippen LogP contribution in [0.5, 0.6) is 0 Å². The topological polar surface area (TPSA) is 49.8 Å². The van der Waals surface area contributed by atoms with Crippen LogP contribution in [-0.2, 0) is 0 Å². The Labute approximate surface area is 239 Å². The van der Waals surface area contributed by atoms with Gasteiger partial charge >= 0.3 is 0 Å². The average molecular weight is 521 g/mol. The first-order valence-corrected chi connectivity index (χ1v) is 14.0. The van der Waals surface area contributed by atoms with Gasteiger partial charge in [-0.15, -0.1) is 12.3 Å². The molecule has 0 aliphatic heterocycles. The molecule has 1 rings (SSSR count). The maximum atomic E-state index is 9.20. The number of hydrogen-bond donors (Lipinski definition) is 1. The van der Waals surface area contributed by atoms with E-state index in [4.69, 9.17) is 5.73 Å². The summed E-state index contributed by atoms with van der Waals surface area (Å²) in [6, 6.07) is 8.04. The number of nitriles is 1. The van der Waals surface area contributed by atoms with Crippen molar-refractivity contribution in [2.45, 2.75) is 116 Å². The van der Waals surface area contributed by atoms with Gasteiger partial charge in [0.1, 0.15) is 0 Å². The van der Waals surface area contributed by atoms with E-state index in [1.54, 1.807) is 6.92 Å². The van der Waals surface area contributed by atoms with Crippen LogP contribution < -0.4 is 5.73 Å². The molecule has 1 unspecified atom stereocenters. The van der Waals surface area contributed by atoms with E-state index in [-0.39, 0.29) is 5.92 Å². The highest BCUT2D eigenvalue weighted by atomic mass is 14.6. The van der Waals surface area contributed by atoms with Crippen LogP contribution in [0.15, 0.2) is 77.1 Å². The summed E-state index contributed by atoms with van der Waals surface area (Å²) in [5, 5.41) is 9.20. The average Bonchev–Trinajstić information content (AvgIpc) is 2.89. The molecule has 0 fully saturated rings. The van der Waals surface area contributed by atoms with Crippen LogP contribution in [0.1, 0.15) is 126 Å². The molecule has 38 heavy (non-hydrogen) atoms. The first-order chi connectivity index (χ1) is 18.0. The molecule has 0 heterocycles. The van der Waals surface area contributed by atoms with Crippen molar-refractivity contribution in [2.75, 3.05) is 0 Å². The smallest absolute Gasteiger partial charge is 0.0991 e. The van der Waals surface area contributed by atoms with Crippen LogP contribution in [0.2, 0.25) is 0 Å². The van der Waals surface area contributed by atoms with E-state index in [9.17, 15) is 5.26 Å². The number of benzene rings is 1. The predicted molar refractivity (Wildman–Crippen MR) is 177 cm³/mol. The summed E-state index contributed by atoms with van der Waals surface area (Å²) >= 11 is 0. The zero-order valence-corrected chi connectivity index (χ0v) is 27.7. The van der Waals surface area contributed by atoms with Gasteiger partial charge in [-0.1, -0.05) is 104 Å². The first-order valence-electron chi connectivity index (χ1n) is 14.0. The Hall–Kier alpha value is -3.23. The van der Waals surface area contributed by atoms with Crippen molar-refractivity contribution in [3.8, 4) is 18.4 Å². The maximum absolute atomic E-state index is 9.20. The van der Waals surface area contributed by atoms with E-state index in [1.165, 1.54) is 17.6 Å². The molecular weight excluding hydrogens is 460 g/mol. The normalized spacial score (nSPS) is 10.0. The minimum absolute atomic E-state index is 0.0266. The van der Waals surface area contributed by atoms with Crippen LogP contribution in [0.25, 0.3) is 0 Å². The Balaban J connectivity index is -0.000000260. The van der Waals surface area contributed by atoms with Gasteiger partial charge in [0.25, 0.3) is 0 Å². The number of allylic oxidation sites excluding steroid dienone is 7. The van der Waals surface area contributed by atoms with Crippen molar-refractivity contribution >= 4 is 0 Å². The van der Waals surface area contributed by atoms with Gasteiger partial charge < -0.3 is 5.73 Å². The number of nitrogens with zero attached hydrogens (tertiary/aromatic N) is 1. The van der Waals surface area contributed by atoms with E-state index in [2.05, 4.69) is 59.3 Å². The zero-order valence-electron chi connectivity index (χ0n) is 27.7. The summed E-state index contributed by atoms with van der Waals surface area (Å²) in [6.45, 7) is 38.5. The molecule has 1 aromatic rings. The molecule has 0 aliphatic carbocycles. The number of rotatable bonds is 6. The second-order valence-electron chi connectivity index (χ2n) is 7.97. The Bertz CT molecular complexity index is 950. The molecule has 0 spiro atoms. The minimum atomic E-state index is -0.0266. The van der Waals surface area contributed by atoms with Crippen molar-refractivity contribution < 1.29 is 0 Å². The lowest BCUT2D eigenvalue weighted by molar-refractivity contribution is 0.903. The van der Waals surface area contributed by atoms with Gasteiger partial charge in [-0.3, -0.25) is 0 Å². The molecule has 0 radical (unpaired) electrons. The lowest BCUT2D eigenvalue weighted by Crippen LogP contribution is -2.12. The highest BCUT2D eigenvalue weighted by molar-refractivity contribution is 5.56. The second-order valence-corrected chi connectivity index (χ2v) is 7.97. The quantitative estimate of drug-likeness (QED) is 0.299. The molecule has 0 saturated heterocycles. The van der Waals surface area contributed by atoms with Gasteiger partial charge in [-0.05, 0) is 88.9 Å². The van der Waals surface area contributed by atoms with Gasteiger partial charge in [0.05, 0.1) is 11.6 Å². The van der Waals surface area contributed by atoms with Crippen molar-refractivity contribution in [3.63, 3.8) is 0 Å². The first kappa shape index (κ1) is 44.7. The van der Waals surface area contributed by atoms with E-state index in [0.717, 1.165) is 27.8 Å². The van der Waals surface area contributed by atoms with Gasteiger partial charge in [0.2, 0.25) is 0 Å². The summed E-state index contributed by atoms with van der Waals surface area (Å²) < 4.78 is 0. The third kappa shape index (κ3) is 19.0. The van der Waals surface area contributed by atoms with Gasteiger partial charge in [0.15, 0.2) is 0 Å². The van der Waals surface area contributed by atoms with Crippen LogP contribution in [0, 0.1) is 30.6 Å². The number of aryl methyl sites for hydroxylation is 1. The molecule has 0 aromatic heterocycles. The number of hydrogen-bond acceptors (Lipinski definition) is 2. The highest BCUT2D eigenvalue weighted by Gasteiger charge is 2.25. The number of nitrogens with two attached hydrogens (primary N) is 1. The molecule has 1 aromatic carbocycles. The molecule has 1 atom stereocenters. The van der Waals surface area contributed by atoms with Gasteiger partial charge in [-0.25, -0.2) is 0 Å². The molecule has 0 amide bonds. The Morgan fingerprint density at radius 2 is 1.42 bits per heavy atom. The summed E-state index contributed by atoms with van der Waals surface area (Å²) in [5.41, 5.74) is 15.1. The summed E-state index contributed by atoms with van der Waals surface area (Å²) in [6.07, 6.45) is 9.73. The van der Waals surface area contributed by atoms with Crippen molar-refractivity contribution in [2.24, 2.45) is 5.73 Å². The summed E-state index contributed by atoms with van der Waals surface area (Å²) in [7, 11) is 0. The van der Waals surface area contributed by atoms with Crippen LogP contribution in [0.4, 0.5) is 0 Å². The van der Waals surface area contributed by atoms with E-state index in [1.807, 2.05) is 99.6 Å². The molecule has 0 bridgehead atoms. The van der Waals surface area contributed by atoms with Gasteiger partial charge in [-0.2, -0.15) is 5.26 Å². The van der Waals surface area contributed by atoms with Crippen molar-refractivity contribution in [3.05, 3.63) is 93.8 Å². The lowest BCUT2D eigenvalue weighted by atomic mass is 9.76. The SMILES string of the molecule is C#CC.C=C(C)C(=C(C)C)C(/C(=C/C(N)=C\C)C(=C)C)c1ccc(C#N)cc1C.CC.CC.CC.CCC. The fraction of sp³-hybridized carbons (Fsp3) is 0.472. The predicted octanol–water partition coefficient (Wildman–Crippen LogP) is 11.4. The van der Waals surface area contributed by atoms with Crippen LogP contribution >= 0.6 is 0 Å². The summed E-state index contributed by atoms with van der Waals surface area (Å²) in [5.74, 6) is 2.22. The molecular formula is C36H60N2. The van der Waals surface area contributed by atoms with E-state index >= 15 is 0 Å². The molecule has 2 heteroatoms. The van der Waals surface area contributed by atoms with Crippen LogP contribution in [0.3, 0.4) is 0 Å². The largest absolute Gasteiger partial charge is 0.399 e. The highest BCUT2D eigenvalue weighted by Crippen LogP contribution is 2.41. The van der Waals surface area contributed by atoms with Gasteiger partial charge in [0, 0.05) is 11.6 Å². The molecule has 0 saturated carbocycles. The minimum Gasteiger partial charge on any atom is -0.399 e. The molecule has 214 valence electrons. The molecule has 2 nitrogen and oxygen atoms in total. The zero-order chi connectivity index (χ0) is 31.4. The third-order valence-corrected chi connectivity index (χ3v) is 4.46. The Morgan fingerprint density at radius 3 is 1.68 bits per heavy atom. The third-order valence-electron chi connectivity index (χ3n) is 4.46. The number of terminal acetylenes is 1. The monoisotopic (exact) mass is 520 g/mol. The standard InChI is InChI=1S/C24H30N2.C3H8.C3H4.3C2H6/c1-9-20(26)13-22(15(2)3)24(23(16(4)5)17(6)7)21-11-10-19(14-25)12-18(21)8;2*1-3-2;3*1-2/h9-13,24H,2,4,26H2,1,3,5-8H3;3H2,1-2H3;1H,2H3;3*1-2H3/b20-9+,22-13+;;;;;. The fourth-order valence-corrected chi connectivity index (χ4v) is 3.23. The van der Waals surface area contributed by atoms with Crippen LogP contribution in [-0.4, -0.2) is 0 Å². The van der Waals surface area contributed by atoms with Crippen molar-refractivity contribution in [1.29, 1.82) is 5.26 Å². The van der Waals surface area contributed by atoms with E-state index in [0.29, 0.717) is 11.3 Å². The Kier molecular flexibility index (Phi) is 35.3. The summed E-state index contributed by atoms with van der Waals surface area (Å²) in [4.78, 5) is 0. The van der Waals surface area contributed by atoms with Crippen molar-refractivity contribution in [1.82, 2.24) is 0 Å². The fourth-order valence-electron chi connectivity index (χ4n) is 3.23. The molecule has 2 N–H and O–H groups in total. The van der Waals surface area contributed by atoms with E-state index < -0.39 is 0 Å². The lowest BCUT2D eigenvalue weighted by Gasteiger charge is -2.28. The maximum Gasteiger partial charge on any atom is 0.0991 e. The molecule has 0 aliphatic rings. The Morgan fingerprint density at radius 1 is 1.00 bits per heavy atom. The second kappa shape index (κ2) is 30.0.